The van der Waals surface area contributed by atoms with Gasteiger partial charge in [0.2, 0.25) is 0 Å². The Bertz CT molecular complexity index is 461. The summed E-state index contributed by atoms with van der Waals surface area (Å²) in [4.78, 5) is 0. The fourth-order valence-corrected chi connectivity index (χ4v) is 2.50. The van der Waals surface area contributed by atoms with E-state index in [1.165, 1.54) is 0 Å². The van der Waals surface area contributed by atoms with E-state index in [0.29, 0.717) is 5.57 Å². The van der Waals surface area contributed by atoms with Crippen LogP contribution in [0.25, 0.3) is 5.57 Å². The summed E-state index contributed by atoms with van der Waals surface area (Å²) >= 11 is 3.64. The molecule has 0 bridgehead atoms. The zero-order valence-corrected chi connectivity index (χ0v) is 11.7. The first-order chi connectivity index (χ1) is 8.08. The van der Waals surface area contributed by atoms with Gasteiger partial charge in [-0.05, 0) is 12.0 Å². The lowest BCUT2D eigenvalue weighted by Crippen LogP contribution is -2.29. The highest BCUT2D eigenvalue weighted by molar-refractivity contribution is 9.10. The summed E-state index contributed by atoms with van der Waals surface area (Å²) in [6.07, 6.45) is 4.84. The Morgan fingerprint density at radius 3 is 2.53 bits per heavy atom. The van der Waals surface area contributed by atoms with Crippen molar-refractivity contribution in [1.82, 2.24) is 0 Å². The van der Waals surface area contributed by atoms with Gasteiger partial charge < -0.3 is 0 Å². The number of allylic oxidation sites excluding steroid dienone is 4. The van der Waals surface area contributed by atoms with Crippen LogP contribution in [0, 0.1) is 5.92 Å². The van der Waals surface area contributed by atoms with Crippen LogP contribution in [0.2, 0.25) is 0 Å². The van der Waals surface area contributed by atoms with E-state index < -0.39 is 0 Å². The summed E-state index contributed by atoms with van der Waals surface area (Å²) in [6, 6.07) is 9.70. The second-order valence-corrected chi connectivity index (χ2v) is 5.94. The number of halogens is 2. The molecule has 17 heavy (non-hydrogen) atoms. The highest BCUT2D eigenvalue weighted by atomic mass is 79.9. The molecule has 1 aromatic rings. The SMILES string of the molecule is CCC1(Br)C=CC(c2ccccc2)=C(F)C1C. The average Bonchev–Trinajstić information content (AvgIpc) is 2.37. The van der Waals surface area contributed by atoms with Gasteiger partial charge in [0.05, 0.1) is 4.32 Å². The first kappa shape index (κ1) is 12.6. The molecule has 1 aliphatic rings. The fourth-order valence-electron chi connectivity index (χ4n) is 2.17. The molecule has 2 unspecified atom stereocenters. The average molecular weight is 295 g/mol. The van der Waals surface area contributed by atoms with Crippen LogP contribution < -0.4 is 0 Å². The molecule has 0 fully saturated rings. The minimum absolute atomic E-state index is 0.0302. The van der Waals surface area contributed by atoms with Gasteiger partial charge in [-0.1, -0.05) is 72.3 Å². The zero-order valence-electron chi connectivity index (χ0n) is 10.1. The largest absolute Gasteiger partial charge is 0.211 e. The Hall–Kier alpha value is -0.890. The Balaban J connectivity index is 2.43. The smallest absolute Gasteiger partial charge is 0.112 e. The normalized spacial score (nSPS) is 28.6. The Labute approximate surface area is 110 Å². The lowest BCUT2D eigenvalue weighted by molar-refractivity contribution is 0.427. The van der Waals surface area contributed by atoms with Crippen molar-refractivity contribution in [2.45, 2.75) is 24.6 Å². The van der Waals surface area contributed by atoms with Crippen molar-refractivity contribution >= 4 is 21.5 Å². The van der Waals surface area contributed by atoms with E-state index in [2.05, 4.69) is 28.9 Å². The standard InChI is InChI=1S/C15H16BrF/c1-3-15(16)10-9-13(14(17)11(15)2)12-7-5-4-6-8-12/h4-11H,3H2,1-2H3. The molecule has 90 valence electrons. The van der Waals surface area contributed by atoms with Gasteiger partial charge in [0.15, 0.2) is 0 Å². The van der Waals surface area contributed by atoms with Crippen molar-refractivity contribution in [3.05, 3.63) is 53.9 Å². The van der Waals surface area contributed by atoms with E-state index in [1.54, 1.807) is 0 Å². The number of alkyl halides is 1. The summed E-state index contributed by atoms with van der Waals surface area (Å²) in [6.45, 7) is 4.00. The summed E-state index contributed by atoms with van der Waals surface area (Å²) in [5.74, 6) is -0.162. The topological polar surface area (TPSA) is 0 Å². The Kier molecular flexibility index (Phi) is 3.53. The molecule has 0 aliphatic heterocycles. The third-order valence-electron chi connectivity index (χ3n) is 3.51. The van der Waals surface area contributed by atoms with Gasteiger partial charge in [0.25, 0.3) is 0 Å². The molecule has 2 rings (SSSR count). The van der Waals surface area contributed by atoms with E-state index in [1.807, 2.05) is 43.3 Å². The van der Waals surface area contributed by atoms with E-state index in [-0.39, 0.29) is 16.1 Å². The third-order valence-corrected chi connectivity index (χ3v) is 5.02. The number of benzene rings is 1. The first-order valence-corrected chi connectivity index (χ1v) is 6.71. The van der Waals surface area contributed by atoms with E-state index in [4.69, 9.17) is 0 Å². The number of hydrogen-bond donors (Lipinski definition) is 0. The predicted octanol–water partition coefficient (Wildman–Crippen LogP) is 5.12. The monoisotopic (exact) mass is 294 g/mol. The van der Waals surface area contributed by atoms with Crippen LogP contribution in [0.3, 0.4) is 0 Å². The second kappa shape index (κ2) is 4.77. The Morgan fingerprint density at radius 1 is 1.29 bits per heavy atom. The summed E-state index contributed by atoms with van der Waals surface area (Å²) in [5.41, 5.74) is 1.65. The van der Waals surface area contributed by atoms with Crippen LogP contribution in [0.4, 0.5) is 4.39 Å². The maximum Gasteiger partial charge on any atom is 0.112 e. The van der Waals surface area contributed by atoms with Crippen LogP contribution in [-0.2, 0) is 0 Å². The van der Waals surface area contributed by atoms with Crippen molar-refractivity contribution in [2.75, 3.05) is 0 Å². The molecule has 0 nitrogen and oxygen atoms in total. The molecule has 0 saturated heterocycles. The van der Waals surface area contributed by atoms with Crippen LogP contribution in [0.1, 0.15) is 25.8 Å². The van der Waals surface area contributed by atoms with Gasteiger partial charge in [-0.15, -0.1) is 0 Å². The van der Waals surface area contributed by atoms with E-state index in [0.717, 1.165) is 12.0 Å². The maximum atomic E-state index is 14.4. The molecule has 0 amide bonds. The van der Waals surface area contributed by atoms with Crippen LogP contribution in [-0.4, -0.2) is 4.32 Å². The first-order valence-electron chi connectivity index (χ1n) is 5.91. The molecule has 0 N–H and O–H groups in total. The predicted molar refractivity (Wildman–Crippen MR) is 74.7 cm³/mol. The lowest BCUT2D eigenvalue weighted by Gasteiger charge is -2.32. The fraction of sp³-hybridized carbons (Fsp3) is 0.333. The quantitative estimate of drug-likeness (QED) is 0.664. The molecule has 2 heteroatoms. The van der Waals surface area contributed by atoms with Gasteiger partial charge in [-0.2, -0.15) is 0 Å². The molecule has 0 spiro atoms. The highest BCUT2D eigenvalue weighted by Crippen LogP contribution is 2.44. The lowest BCUT2D eigenvalue weighted by atomic mass is 9.82. The highest BCUT2D eigenvalue weighted by Gasteiger charge is 2.36. The summed E-state index contributed by atoms with van der Waals surface area (Å²) in [7, 11) is 0. The van der Waals surface area contributed by atoms with Crippen molar-refractivity contribution in [3.8, 4) is 0 Å². The molecule has 1 aliphatic carbocycles. The summed E-state index contributed by atoms with van der Waals surface area (Å²) in [5, 5.41) is 0. The van der Waals surface area contributed by atoms with Gasteiger partial charge in [0.1, 0.15) is 5.83 Å². The molecular formula is C15H16BrF. The van der Waals surface area contributed by atoms with Crippen LogP contribution >= 0.6 is 15.9 Å². The molecule has 2 atom stereocenters. The van der Waals surface area contributed by atoms with Gasteiger partial charge in [-0.3, -0.25) is 0 Å². The van der Waals surface area contributed by atoms with Gasteiger partial charge >= 0.3 is 0 Å². The van der Waals surface area contributed by atoms with E-state index >= 15 is 0 Å². The minimum Gasteiger partial charge on any atom is -0.211 e. The zero-order chi connectivity index (χ0) is 12.5. The van der Waals surface area contributed by atoms with Gasteiger partial charge in [0, 0.05) is 11.5 Å². The second-order valence-electron chi connectivity index (χ2n) is 4.46. The van der Waals surface area contributed by atoms with Crippen LogP contribution in [0.15, 0.2) is 48.3 Å². The maximum absolute atomic E-state index is 14.4. The van der Waals surface area contributed by atoms with Crippen molar-refractivity contribution in [2.24, 2.45) is 5.92 Å². The molecular weight excluding hydrogens is 279 g/mol. The van der Waals surface area contributed by atoms with Crippen molar-refractivity contribution in [3.63, 3.8) is 0 Å². The van der Waals surface area contributed by atoms with Crippen LogP contribution in [0.5, 0.6) is 0 Å². The summed E-state index contributed by atoms with van der Waals surface area (Å²) < 4.78 is 14.2. The molecule has 0 radical (unpaired) electrons. The molecule has 0 saturated carbocycles. The van der Waals surface area contributed by atoms with E-state index in [9.17, 15) is 4.39 Å². The van der Waals surface area contributed by atoms with Gasteiger partial charge in [-0.25, -0.2) is 4.39 Å². The Morgan fingerprint density at radius 2 is 1.94 bits per heavy atom. The molecule has 0 aromatic heterocycles. The van der Waals surface area contributed by atoms with Crippen molar-refractivity contribution in [1.29, 1.82) is 0 Å². The molecule has 0 heterocycles. The third kappa shape index (κ3) is 2.23. The minimum atomic E-state index is -0.241. The van der Waals surface area contributed by atoms with Crippen molar-refractivity contribution < 1.29 is 4.39 Å². The molecule has 1 aromatic carbocycles. The number of hydrogen-bond acceptors (Lipinski definition) is 0. The number of rotatable bonds is 2.